The van der Waals surface area contributed by atoms with Crippen molar-refractivity contribution in [1.82, 2.24) is 0 Å². The lowest BCUT2D eigenvalue weighted by Crippen LogP contribution is -2.19. The molecule has 0 radical (unpaired) electrons. The van der Waals surface area contributed by atoms with Gasteiger partial charge in [-0.15, -0.1) is 0 Å². The lowest BCUT2D eigenvalue weighted by Gasteiger charge is -2.19. The number of aliphatic hydroxyl groups excluding tert-OH is 1. The Morgan fingerprint density at radius 1 is 0.889 bits per heavy atom. The van der Waals surface area contributed by atoms with Crippen LogP contribution in [-0.2, 0) is 0 Å². The van der Waals surface area contributed by atoms with E-state index in [0.717, 1.165) is 5.56 Å². The standard InChI is InChI=1S/C14H13Cl2NO/c15-11-6-4-9(5-7-11)13(17)14(18)10-2-1-3-12(16)8-10/h1-8,13-14,18H,17H2/t13-,14+/m1/s1. The predicted octanol–water partition coefficient (Wildman–Crippen LogP) is 3.73. The first-order valence-corrected chi connectivity index (χ1v) is 6.28. The topological polar surface area (TPSA) is 46.2 Å². The summed E-state index contributed by atoms with van der Waals surface area (Å²) in [7, 11) is 0. The highest BCUT2D eigenvalue weighted by atomic mass is 35.5. The summed E-state index contributed by atoms with van der Waals surface area (Å²) >= 11 is 11.7. The Kier molecular flexibility index (Phi) is 4.25. The van der Waals surface area contributed by atoms with Gasteiger partial charge >= 0.3 is 0 Å². The molecule has 0 aromatic heterocycles. The third kappa shape index (κ3) is 3.03. The summed E-state index contributed by atoms with van der Waals surface area (Å²) in [5, 5.41) is 11.4. The minimum atomic E-state index is -0.801. The zero-order chi connectivity index (χ0) is 13.1. The van der Waals surface area contributed by atoms with E-state index in [1.165, 1.54) is 0 Å². The molecular weight excluding hydrogens is 269 g/mol. The molecule has 3 N–H and O–H groups in total. The molecule has 0 bridgehead atoms. The highest BCUT2D eigenvalue weighted by Gasteiger charge is 2.18. The third-order valence-corrected chi connectivity index (χ3v) is 3.27. The highest BCUT2D eigenvalue weighted by Crippen LogP contribution is 2.28. The summed E-state index contributed by atoms with van der Waals surface area (Å²) in [4.78, 5) is 0. The Labute approximate surface area is 116 Å². The van der Waals surface area contributed by atoms with Gasteiger partial charge < -0.3 is 10.8 Å². The number of halogens is 2. The molecule has 2 rings (SSSR count). The fraction of sp³-hybridized carbons (Fsp3) is 0.143. The van der Waals surface area contributed by atoms with Crippen LogP contribution in [0, 0.1) is 0 Å². The summed E-state index contributed by atoms with van der Waals surface area (Å²) in [6, 6.07) is 13.7. The molecule has 0 aliphatic rings. The fourth-order valence-electron chi connectivity index (χ4n) is 1.77. The molecule has 0 aliphatic carbocycles. The van der Waals surface area contributed by atoms with Crippen molar-refractivity contribution in [3.63, 3.8) is 0 Å². The van der Waals surface area contributed by atoms with E-state index in [9.17, 15) is 5.11 Å². The van der Waals surface area contributed by atoms with Crippen molar-refractivity contribution in [2.45, 2.75) is 12.1 Å². The fourth-order valence-corrected chi connectivity index (χ4v) is 2.09. The average Bonchev–Trinajstić information content (AvgIpc) is 2.38. The van der Waals surface area contributed by atoms with Crippen LogP contribution in [0.4, 0.5) is 0 Å². The monoisotopic (exact) mass is 281 g/mol. The molecule has 2 nitrogen and oxygen atoms in total. The van der Waals surface area contributed by atoms with E-state index in [-0.39, 0.29) is 0 Å². The van der Waals surface area contributed by atoms with Crippen LogP contribution in [0.25, 0.3) is 0 Å². The molecule has 0 saturated heterocycles. The Bertz CT molecular complexity index is 528. The SMILES string of the molecule is N[C@H](c1ccc(Cl)cc1)[C@@H](O)c1cccc(Cl)c1. The smallest absolute Gasteiger partial charge is 0.0983 e. The summed E-state index contributed by atoms with van der Waals surface area (Å²) < 4.78 is 0. The minimum absolute atomic E-state index is 0.513. The van der Waals surface area contributed by atoms with Gasteiger partial charge in [-0.25, -0.2) is 0 Å². The molecule has 2 atom stereocenters. The maximum absolute atomic E-state index is 10.2. The van der Waals surface area contributed by atoms with Gasteiger partial charge in [0.25, 0.3) is 0 Å². The Morgan fingerprint density at radius 3 is 2.17 bits per heavy atom. The molecule has 2 aromatic rings. The van der Waals surface area contributed by atoms with Crippen molar-refractivity contribution < 1.29 is 5.11 Å². The van der Waals surface area contributed by atoms with Crippen LogP contribution in [0.2, 0.25) is 10.0 Å². The molecule has 0 amide bonds. The van der Waals surface area contributed by atoms with Crippen LogP contribution >= 0.6 is 23.2 Å². The van der Waals surface area contributed by atoms with E-state index >= 15 is 0 Å². The highest BCUT2D eigenvalue weighted by molar-refractivity contribution is 6.30. The first kappa shape index (κ1) is 13.4. The van der Waals surface area contributed by atoms with Crippen LogP contribution in [-0.4, -0.2) is 5.11 Å². The second-order valence-electron chi connectivity index (χ2n) is 4.08. The summed E-state index contributed by atoms with van der Waals surface area (Å²) in [6.07, 6.45) is -0.801. The first-order valence-electron chi connectivity index (χ1n) is 5.52. The van der Waals surface area contributed by atoms with Gasteiger partial charge in [-0.3, -0.25) is 0 Å². The number of rotatable bonds is 3. The largest absolute Gasteiger partial charge is 0.386 e. The molecule has 94 valence electrons. The van der Waals surface area contributed by atoms with E-state index in [2.05, 4.69) is 0 Å². The normalized spacial score (nSPS) is 14.2. The Hall–Kier alpha value is -1.06. The van der Waals surface area contributed by atoms with Gasteiger partial charge in [-0.2, -0.15) is 0 Å². The maximum atomic E-state index is 10.2. The molecular formula is C14H13Cl2NO. The van der Waals surface area contributed by atoms with Crippen molar-refractivity contribution in [2.24, 2.45) is 5.73 Å². The number of aliphatic hydroxyl groups is 1. The van der Waals surface area contributed by atoms with Crippen molar-refractivity contribution in [2.75, 3.05) is 0 Å². The van der Waals surface area contributed by atoms with Gasteiger partial charge in [-0.1, -0.05) is 47.5 Å². The van der Waals surface area contributed by atoms with E-state index < -0.39 is 12.1 Å². The summed E-state index contributed by atoms with van der Waals surface area (Å²) in [5.74, 6) is 0. The summed E-state index contributed by atoms with van der Waals surface area (Å²) in [6.45, 7) is 0. The average molecular weight is 282 g/mol. The lowest BCUT2D eigenvalue weighted by atomic mass is 9.97. The van der Waals surface area contributed by atoms with Crippen LogP contribution in [0.3, 0.4) is 0 Å². The Morgan fingerprint density at radius 2 is 1.56 bits per heavy atom. The quantitative estimate of drug-likeness (QED) is 0.901. The molecule has 4 heteroatoms. The molecule has 0 heterocycles. The molecule has 0 fully saturated rings. The molecule has 0 spiro atoms. The zero-order valence-corrected chi connectivity index (χ0v) is 11.1. The van der Waals surface area contributed by atoms with Gasteiger partial charge in [0.2, 0.25) is 0 Å². The minimum Gasteiger partial charge on any atom is -0.386 e. The predicted molar refractivity (Wildman–Crippen MR) is 74.8 cm³/mol. The molecule has 2 aromatic carbocycles. The van der Waals surface area contributed by atoms with Crippen molar-refractivity contribution in [1.29, 1.82) is 0 Å². The van der Waals surface area contributed by atoms with Gasteiger partial charge in [0.1, 0.15) is 0 Å². The van der Waals surface area contributed by atoms with Gasteiger partial charge in [-0.05, 0) is 35.4 Å². The van der Waals surface area contributed by atoms with E-state index in [1.54, 1.807) is 48.5 Å². The van der Waals surface area contributed by atoms with Crippen molar-refractivity contribution in [3.05, 3.63) is 69.7 Å². The Balaban J connectivity index is 2.23. The first-order chi connectivity index (χ1) is 8.58. The van der Waals surface area contributed by atoms with Crippen LogP contribution < -0.4 is 5.73 Å². The third-order valence-electron chi connectivity index (χ3n) is 2.79. The zero-order valence-electron chi connectivity index (χ0n) is 9.55. The molecule has 0 saturated carbocycles. The number of hydrogen-bond acceptors (Lipinski definition) is 2. The lowest BCUT2D eigenvalue weighted by molar-refractivity contribution is 0.147. The van der Waals surface area contributed by atoms with E-state index in [0.29, 0.717) is 15.6 Å². The van der Waals surface area contributed by atoms with Gasteiger partial charge in [0.05, 0.1) is 12.1 Å². The number of nitrogens with two attached hydrogens (primary N) is 1. The molecule has 0 unspecified atom stereocenters. The number of hydrogen-bond donors (Lipinski definition) is 2. The molecule has 0 aliphatic heterocycles. The van der Waals surface area contributed by atoms with Gasteiger partial charge in [0, 0.05) is 10.0 Å². The van der Waals surface area contributed by atoms with Crippen molar-refractivity contribution in [3.8, 4) is 0 Å². The van der Waals surface area contributed by atoms with E-state index in [4.69, 9.17) is 28.9 Å². The second kappa shape index (κ2) is 5.72. The van der Waals surface area contributed by atoms with Gasteiger partial charge in [0.15, 0.2) is 0 Å². The van der Waals surface area contributed by atoms with Crippen LogP contribution in [0.5, 0.6) is 0 Å². The van der Waals surface area contributed by atoms with Crippen molar-refractivity contribution >= 4 is 23.2 Å². The summed E-state index contributed by atoms with van der Waals surface area (Å²) in [5.41, 5.74) is 7.56. The second-order valence-corrected chi connectivity index (χ2v) is 4.95. The maximum Gasteiger partial charge on any atom is 0.0983 e. The number of benzene rings is 2. The molecule has 18 heavy (non-hydrogen) atoms. The van der Waals surface area contributed by atoms with E-state index in [1.807, 2.05) is 0 Å². The van der Waals surface area contributed by atoms with Crippen LogP contribution in [0.1, 0.15) is 23.3 Å². The van der Waals surface area contributed by atoms with Crippen LogP contribution in [0.15, 0.2) is 48.5 Å².